The van der Waals surface area contributed by atoms with Crippen LogP contribution in [0.3, 0.4) is 0 Å². The molecular formula is C13H16BrN3O3. The van der Waals surface area contributed by atoms with Gasteiger partial charge in [0.15, 0.2) is 0 Å². The van der Waals surface area contributed by atoms with Gasteiger partial charge in [-0.25, -0.2) is 0 Å². The number of nitro groups is 1. The van der Waals surface area contributed by atoms with Crippen molar-refractivity contribution in [3.05, 3.63) is 32.8 Å². The zero-order chi connectivity index (χ0) is 14.5. The molecule has 1 aromatic carbocycles. The zero-order valence-electron chi connectivity index (χ0n) is 10.9. The fourth-order valence-electron chi connectivity index (χ4n) is 2.31. The van der Waals surface area contributed by atoms with Gasteiger partial charge in [0.25, 0.3) is 5.69 Å². The first-order valence-corrected chi connectivity index (χ1v) is 7.30. The number of nitrogens with one attached hydrogen (secondary N) is 2. The minimum atomic E-state index is -0.469. The summed E-state index contributed by atoms with van der Waals surface area (Å²) >= 11 is 3.13. The average Bonchev–Trinajstić information content (AvgIpc) is 2.39. The van der Waals surface area contributed by atoms with E-state index in [-0.39, 0.29) is 11.6 Å². The summed E-state index contributed by atoms with van der Waals surface area (Å²) in [6, 6.07) is 4.47. The molecule has 2 N–H and O–H groups in total. The van der Waals surface area contributed by atoms with Crippen LogP contribution in [-0.4, -0.2) is 23.9 Å². The Balaban J connectivity index is 1.93. The fraction of sp³-hybridized carbons (Fsp3) is 0.462. The van der Waals surface area contributed by atoms with Crippen LogP contribution in [0.5, 0.6) is 0 Å². The molecule has 1 saturated heterocycles. The molecule has 1 aliphatic rings. The van der Waals surface area contributed by atoms with Crippen LogP contribution in [0.2, 0.25) is 0 Å². The molecule has 1 amide bonds. The summed E-state index contributed by atoms with van der Waals surface area (Å²) < 4.78 is 0.361. The van der Waals surface area contributed by atoms with Crippen LogP contribution in [-0.2, 0) is 4.79 Å². The number of piperidine rings is 1. The van der Waals surface area contributed by atoms with E-state index in [9.17, 15) is 14.9 Å². The molecule has 0 spiro atoms. The van der Waals surface area contributed by atoms with Crippen LogP contribution in [0.15, 0.2) is 22.7 Å². The van der Waals surface area contributed by atoms with Crippen molar-refractivity contribution in [3.63, 3.8) is 0 Å². The molecule has 0 saturated carbocycles. The summed E-state index contributed by atoms with van der Waals surface area (Å²) in [5.74, 6) is 0.310. The molecule has 0 aliphatic carbocycles. The SMILES string of the molecule is O=C(CC1CCCNC1)Nc1ccc([N+](=O)[O-])c(Br)c1. The summed E-state index contributed by atoms with van der Waals surface area (Å²) in [4.78, 5) is 22.2. The maximum atomic E-state index is 11.9. The van der Waals surface area contributed by atoms with Gasteiger partial charge >= 0.3 is 0 Å². The molecule has 7 heteroatoms. The van der Waals surface area contributed by atoms with Crippen molar-refractivity contribution >= 4 is 33.2 Å². The number of rotatable bonds is 4. The first-order chi connectivity index (χ1) is 9.56. The Bertz CT molecular complexity index is 516. The summed E-state index contributed by atoms with van der Waals surface area (Å²) in [5.41, 5.74) is 0.552. The number of hydrogen-bond acceptors (Lipinski definition) is 4. The Kier molecular flexibility index (Phi) is 5.08. The lowest BCUT2D eigenvalue weighted by Crippen LogP contribution is -2.32. The van der Waals surface area contributed by atoms with E-state index in [2.05, 4.69) is 26.6 Å². The zero-order valence-corrected chi connectivity index (χ0v) is 12.5. The molecule has 1 atom stereocenters. The van der Waals surface area contributed by atoms with Gasteiger partial charge in [0, 0.05) is 18.2 Å². The Labute approximate surface area is 125 Å². The second-order valence-electron chi connectivity index (χ2n) is 4.89. The number of anilines is 1. The smallest absolute Gasteiger partial charge is 0.283 e. The lowest BCUT2D eigenvalue weighted by Gasteiger charge is -2.22. The molecule has 0 radical (unpaired) electrons. The highest BCUT2D eigenvalue weighted by Crippen LogP contribution is 2.28. The monoisotopic (exact) mass is 341 g/mol. The van der Waals surface area contributed by atoms with Crippen molar-refractivity contribution in [2.45, 2.75) is 19.3 Å². The molecule has 20 heavy (non-hydrogen) atoms. The molecule has 1 aliphatic heterocycles. The van der Waals surface area contributed by atoms with E-state index in [1.165, 1.54) is 6.07 Å². The molecule has 0 aromatic heterocycles. The minimum absolute atomic E-state index is 0.0144. The maximum Gasteiger partial charge on any atom is 0.283 e. The van der Waals surface area contributed by atoms with E-state index in [4.69, 9.17) is 0 Å². The number of carbonyl (C=O) groups is 1. The lowest BCUT2D eigenvalue weighted by molar-refractivity contribution is -0.385. The van der Waals surface area contributed by atoms with Crippen molar-refractivity contribution in [1.82, 2.24) is 5.32 Å². The third kappa shape index (κ3) is 4.01. The molecule has 1 aromatic rings. The van der Waals surface area contributed by atoms with Crippen LogP contribution in [0.4, 0.5) is 11.4 Å². The molecule has 2 rings (SSSR count). The summed E-state index contributed by atoms with van der Waals surface area (Å²) in [6.07, 6.45) is 2.63. The third-order valence-corrected chi connectivity index (χ3v) is 3.94. The lowest BCUT2D eigenvalue weighted by atomic mass is 9.96. The Morgan fingerprint density at radius 3 is 2.95 bits per heavy atom. The summed E-state index contributed by atoms with van der Waals surface area (Å²) in [5, 5.41) is 16.7. The van der Waals surface area contributed by atoms with Gasteiger partial charge in [0.2, 0.25) is 5.91 Å². The summed E-state index contributed by atoms with van der Waals surface area (Å²) in [6.45, 7) is 1.89. The number of halogens is 1. The average molecular weight is 342 g/mol. The van der Waals surface area contributed by atoms with Gasteiger partial charge in [0.05, 0.1) is 9.40 Å². The van der Waals surface area contributed by atoms with E-state index in [1.807, 2.05) is 0 Å². The topological polar surface area (TPSA) is 84.3 Å². The van der Waals surface area contributed by atoms with E-state index >= 15 is 0 Å². The van der Waals surface area contributed by atoms with Gasteiger partial charge in [-0.05, 0) is 59.9 Å². The van der Waals surface area contributed by atoms with E-state index in [1.54, 1.807) is 12.1 Å². The molecule has 1 unspecified atom stereocenters. The van der Waals surface area contributed by atoms with Gasteiger partial charge in [-0.3, -0.25) is 14.9 Å². The second-order valence-corrected chi connectivity index (χ2v) is 5.74. The predicted octanol–water partition coefficient (Wildman–Crippen LogP) is 2.69. The van der Waals surface area contributed by atoms with Crippen molar-refractivity contribution < 1.29 is 9.72 Å². The molecule has 6 nitrogen and oxygen atoms in total. The number of benzene rings is 1. The number of nitrogens with zero attached hydrogens (tertiary/aromatic N) is 1. The first kappa shape index (κ1) is 14.9. The maximum absolute atomic E-state index is 11.9. The molecule has 108 valence electrons. The highest BCUT2D eigenvalue weighted by Gasteiger charge is 2.17. The van der Waals surface area contributed by atoms with Crippen LogP contribution >= 0.6 is 15.9 Å². The number of carbonyl (C=O) groups excluding carboxylic acids is 1. The van der Waals surface area contributed by atoms with Crippen molar-refractivity contribution in [2.24, 2.45) is 5.92 Å². The Hall–Kier alpha value is -1.47. The third-order valence-electron chi connectivity index (χ3n) is 3.30. The number of nitro benzene ring substituents is 1. The van der Waals surface area contributed by atoms with Gasteiger partial charge < -0.3 is 10.6 Å². The van der Waals surface area contributed by atoms with Crippen LogP contribution in [0.25, 0.3) is 0 Å². The van der Waals surface area contributed by atoms with Crippen molar-refractivity contribution in [1.29, 1.82) is 0 Å². The van der Waals surface area contributed by atoms with Crippen LogP contribution in [0.1, 0.15) is 19.3 Å². The van der Waals surface area contributed by atoms with Crippen molar-refractivity contribution in [3.8, 4) is 0 Å². The number of amides is 1. The van der Waals surface area contributed by atoms with Gasteiger partial charge in [0.1, 0.15) is 0 Å². The highest BCUT2D eigenvalue weighted by atomic mass is 79.9. The normalized spacial score (nSPS) is 18.6. The molecular weight excluding hydrogens is 326 g/mol. The van der Waals surface area contributed by atoms with Crippen LogP contribution in [0, 0.1) is 16.0 Å². The molecule has 0 bridgehead atoms. The van der Waals surface area contributed by atoms with Gasteiger partial charge in [-0.15, -0.1) is 0 Å². The standard InChI is InChI=1S/C13H16BrN3O3/c14-11-7-10(3-4-12(11)17(19)20)16-13(18)6-9-2-1-5-15-8-9/h3-4,7,9,15H,1-2,5-6,8H2,(H,16,18). The minimum Gasteiger partial charge on any atom is -0.326 e. The van der Waals surface area contributed by atoms with Crippen molar-refractivity contribution in [2.75, 3.05) is 18.4 Å². The Morgan fingerprint density at radius 1 is 1.55 bits per heavy atom. The van der Waals surface area contributed by atoms with Crippen LogP contribution < -0.4 is 10.6 Å². The Morgan fingerprint density at radius 2 is 2.35 bits per heavy atom. The van der Waals surface area contributed by atoms with Gasteiger partial charge in [-0.2, -0.15) is 0 Å². The highest BCUT2D eigenvalue weighted by molar-refractivity contribution is 9.10. The van der Waals surface area contributed by atoms with E-state index < -0.39 is 4.92 Å². The predicted molar refractivity (Wildman–Crippen MR) is 79.6 cm³/mol. The largest absolute Gasteiger partial charge is 0.326 e. The van der Waals surface area contributed by atoms with E-state index in [0.717, 1.165) is 25.9 Å². The fourth-order valence-corrected chi connectivity index (χ4v) is 2.83. The summed E-state index contributed by atoms with van der Waals surface area (Å²) in [7, 11) is 0. The molecule has 1 fully saturated rings. The molecule has 1 heterocycles. The second kappa shape index (κ2) is 6.81. The van der Waals surface area contributed by atoms with E-state index in [0.29, 0.717) is 22.5 Å². The first-order valence-electron chi connectivity index (χ1n) is 6.51. The van der Waals surface area contributed by atoms with Gasteiger partial charge in [-0.1, -0.05) is 0 Å². The quantitative estimate of drug-likeness (QED) is 0.651. The number of hydrogen-bond donors (Lipinski definition) is 2.